The van der Waals surface area contributed by atoms with Crippen LogP contribution >= 0.6 is 11.8 Å². The number of aliphatic carboxylic acids is 1. The Balaban J connectivity index is 2.29. The number of carbonyl (C=O) groups excluding carboxylic acids is 1. The number of thioether (sulfide) groups is 1. The van der Waals surface area contributed by atoms with Gasteiger partial charge in [0.2, 0.25) is 5.91 Å². The zero-order valence-electron chi connectivity index (χ0n) is 13.1. The molecule has 2 fully saturated rings. The summed E-state index contributed by atoms with van der Waals surface area (Å²) in [5.41, 5.74) is -0.440. The van der Waals surface area contributed by atoms with Crippen molar-refractivity contribution < 1.29 is 14.7 Å². The summed E-state index contributed by atoms with van der Waals surface area (Å²) in [7, 11) is 0. The smallest absolute Gasteiger partial charge is 0.327 e. The Morgan fingerprint density at radius 1 is 1.48 bits per heavy atom. The van der Waals surface area contributed by atoms with Gasteiger partial charge in [-0.05, 0) is 25.3 Å². The minimum Gasteiger partial charge on any atom is -0.480 e. The van der Waals surface area contributed by atoms with Crippen molar-refractivity contribution in [3.63, 3.8) is 0 Å². The molecule has 2 aliphatic heterocycles. The molecule has 0 bridgehead atoms. The minimum atomic E-state index is -0.876. The van der Waals surface area contributed by atoms with E-state index in [-0.39, 0.29) is 17.2 Å². The summed E-state index contributed by atoms with van der Waals surface area (Å²) in [6.45, 7) is 7.71. The highest BCUT2D eigenvalue weighted by atomic mass is 32.2. The first kappa shape index (κ1) is 16.6. The number of carboxylic acid groups (broad SMARTS) is 1. The molecule has 2 N–H and O–H groups in total. The lowest BCUT2D eigenvalue weighted by Crippen LogP contribution is -2.54. The molecule has 3 atom stereocenters. The lowest BCUT2D eigenvalue weighted by atomic mass is 9.75. The fraction of sp³-hybridized carbons (Fsp3) is 0.867. The van der Waals surface area contributed by atoms with E-state index in [0.29, 0.717) is 12.3 Å². The van der Waals surface area contributed by atoms with Gasteiger partial charge in [-0.3, -0.25) is 4.79 Å². The summed E-state index contributed by atoms with van der Waals surface area (Å²) >= 11 is 1.61. The first-order valence-corrected chi connectivity index (χ1v) is 8.86. The molecule has 120 valence electrons. The topological polar surface area (TPSA) is 69.6 Å². The van der Waals surface area contributed by atoms with Crippen molar-refractivity contribution in [2.45, 2.75) is 51.4 Å². The molecule has 2 heterocycles. The molecule has 5 nitrogen and oxygen atoms in total. The van der Waals surface area contributed by atoms with Gasteiger partial charge in [-0.15, -0.1) is 11.8 Å². The molecule has 21 heavy (non-hydrogen) atoms. The molecule has 0 saturated carbocycles. The normalized spacial score (nSPS) is 32.9. The van der Waals surface area contributed by atoms with Gasteiger partial charge < -0.3 is 15.3 Å². The average molecular weight is 314 g/mol. The Morgan fingerprint density at radius 3 is 2.67 bits per heavy atom. The van der Waals surface area contributed by atoms with Gasteiger partial charge in [-0.2, -0.15) is 0 Å². The Labute approximate surface area is 130 Å². The zero-order chi connectivity index (χ0) is 15.6. The molecule has 2 aliphatic rings. The summed E-state index contributed by atoms with van der Waals surface area (Å²) in [5, 5.41) is 12.8. The third-order valence-electron chi connectivity index (χ3n) is 4.87. The first-order valence-electron chi connectivity index (χ1n) is 7.82. The Bertz CT molecular complexity index is 408. The lowest BCUT2D eigenvalue weighted by molar-refractivity contribution is -0.155. The number of hydrogen-bond acceptors (Lipinski definition) is 4. The zero-order valence-corrected chi connectivity index (χ0v) is 13.9. The summed E-state index contributed by atoms with van der Waals surface area (Å²) in [4.78, 5) is 26.4. The van der Waals surface area contributed by atoms with Gasteiger partial charge in [0.15, 0.2) is 0 Å². The van der Waals surface area contributed by atoms with Gasteiger partial charge in [0.1, 0.15) is 6.04 Å². The monoisotopic (exact) mass is 314 g/mol. The van der Waals surface area contributed by atoms with Gasteiger partial charge in [-0.25, -0.2) is 4.79 Å². The van der Waals surface area contributed by atoms with E-state index in [1.807, 2.05) is 0 Å². The van der Waals surface area contributed by atoms with Gasteiger partial charge in [-0.1, -0.05) is 27.2 Å². The standard InChI is InChI=1S/C15H26N2O3S/c1-4-5-12-17(11(8-21-12)13(18)19)14(20)15(10(2)3)6-7-16-9-15/h10-12,16H,4-9H2,1-3H3,(H,18,19). The van der Waals surface area contributed by atoms with Crippen LogP contribution in [0.25, 0.3) is 0 Å². The average Bonchev–Trinajstić information content (AvgIpc) is 3.05. The number of rotatable bonds is 5. The molecule has 0 aromatic rings. The Morgan fingerprint density at radius 2 is 2.19 bits per heavy atom. The highest BCUT2D eigenvalue weighted by Crippen LogP contribution is 2.41. The van der Waals surface area contributed by atoms with Gasteiger partial charge in [0.25, 0.3) is 0 Å². The summed E-state index contributed by atoms with van der Waals surface area (Å²) in [6.07, 6.45) is 2.62. The van der Waals surface area contributed by atoms with Crippen molar-refractivity contribution in [1.29, 1.82) is 0 Å². The van der Waals surface area contributed by atoms with Crippen LogP contribution < -0.4 is 5.32 Å². The number of hydrogen-bond donors (Lipinski definition) is 2. The van der Waals surface area contributed by atoms with E-state index >= 15 is 0 Å². The molecule has 2 rings (SSSR count). The number of nitrogens with zero attached hydrogens (tertiary/aromatic N) is 1. The molecule has 0 spiro atoms. The molecule has 3 unspecified atom stereocenters. The molecule has 2 saturated heterocycles. The van der Waals surface area contributed by atoms with Crippen LogP contribution in [0.2, 0.25) is 0 Å². The second kappa shape index (κ2) is 6.57. The first-order chi connectivity index (χ1) is 9.94. The van der Waals surface area contributed by atoms with Crippen molar-refractivity contribution in [2.75, 3.05) is 18.8 Å². The lowest BCUT2D eigenvalue weighted by Gasteiger charge is -2.38. The Hall–Kier alpha value is -0.750. The van der Waals surface area contributed by atoms with E-state index in [1.54, 1.807) is 16.7 Å². The molecule has 0 radical (unpaired) electrons. The summed E-state index contributed by atoms with van der Waals surface area (Å²) in [5.74, 6) is -0.118. The van der Waals surface area contributed by atoms with Crippen LogP contribution in [-0.4, -0.2) is 52.1 Å². The Kier molecular flexibility index (Phi) is 5.20. The van der Waals surface area contributed by atoms with E-state index in [0.717, 1.165) is 25.8 Å². The van der Waals surface area contributed by atoms with E-state index in [9.17, 15) is 14.7 Å². The molecule has 0 aromatic carbocycles. The van der Waals surface area contributed by atoms with E-state index in [2.05, 4.69) is 26.1 Å². The summed E-state index contributed by atoms with van der Waals surface area (Å²) in [6, 6.07) is -0.671. The van der Waals surface area contributed by atoms with E-state index in [4.69, 9.17) is 0 Å². The van der Waals surface area contributed by atoms with E-state index in [1.165, 1.54) is 0 Å². The van der Waals surface area contributed by atoms with Crippen LogP contribution in [-0.2, 0) is 9.59 Å². The van der Waals surface area contributed by atoms with Crippen LogP contribution in [0, 0.1) is 11.3 Å². The van der Waals surface area contributed by atoms with Crippen molar-refractivity contribution in [1.82, 2.24) is 10.2 Å². The van der Waals surface area contributed by atoms with Crippen molar-refractivity contribution >= 4 is 23.6 Å². The molecule has 1 amide bonds. The molecule has 0 aromatic heterocycles. The second-order valence-corrected chi connectivity index (χ2v) is 7.59. The highest BCUT2D eigenvalue weighted by Gasteiger charge is 2.51. The van der Waals surface area contributed by atoms with E-state index < -0.39 is 17.4 Å². The number of nitrogens with one attached hydrogen (secondary N) is 1. The van der Waals surface area contributed by atoms with Crippen LogP contribution in [0.4, 0.5) is 0 Å². The molecular formula is C15H26N2O3S. The highest BCUT2D eigenvalue weighted by molar-refractivity contribution is 8.00. The fourth-order valence-electron chi connectivity index (χ4n) is 3.39. The number of amides is 1. The van der Waals surface area contributed by atoms with Crippen LogP contribution in [0.15, 0.2) is 0 Å². The predicted octanol–water partition coefficient (Wildman–Crippen LogP) is 1.78. The van der Waals surface area contributed by atoms with Crippen molar-refractivity contribution in [3.8, 4) is 0 Å². The predicted molar refractivity (Wildman–Crippen MR) is 84.2 cm³/mol. The fourth-order valence-corrected chi connectivity index (χ4v) is 4.90. The van der Waals surface area contributed by atoms with Gasteiger partial charge in [0, 0.05) is 12.3 Å². The van der Waals surface area contributed by atoms with Crippen LogP contribution in [0.1, 0.15) is 40.0 Å². The maximum atomic E-state index is 13.2. The van der Waals surface area contributed by atoms with Crippen LogP contribution in [0.5, 0.6) is 0 Å². The maximum Gasteiger partial charge on any atom is 0.327 e. The molecular weight excluding hydrogens is 288 g/mol. The number of carbonyl (C=O) groups is 2. The third kappa shape index (κ3) is 2.93. The number of carboxylic acids is 1. The van der Waals surface area contributed by atoms with Crippen molar-refractivity contribution in [3.05, 3.63) is 0 Å². The van der Waals surface area contributed by atoms with Gasteiger partial charge >= 0.3 is 5.97 Å². The second-order valence-electron chi connectivity index (χ2n) is 6.38. The summed E-state index contributed by atoms with van der Waals surface area (Å²) < 4.78 is 0. The van der Waals surface area contributed by atoms with Gasteiger partial charge in [0.05, 0.1) is 10.8 Å². The molecule has 0 aliphatic carbocycles. The third-order valence-corrected chi connectivity index (χ3v) is 6.22. The minimum absolute atomic E-state index is 0.0137. The van der Waals surface area contributed by atoms with Crippen molar-refractivity contribution in [2.24, 2.45) is 11.3 Å². The molecule has 6 heteroatoms. The quantitative estimate of drug-likeness (QED) is 0.809. The SMILES string of the molecule is CCCC1SCC(C(=O)O)N1C(=O)C1(C(C)C)CCNC1. The largest absolute Gasteiger partial charge is 0.480 e. The van der Waals surface area contributed by atoms with Crippen LogP contribution in [0.3, 0.4) is 0 Å². The maximum absolute atomic E-state index is 13.2.